The number of nitrogens with zero attached hydrogens (tertiary/aromatic N) is 2. The van der Waals surface area contributed by atoms with Gasteiger partial charge >= 0.3 is 0 Å². The van der Waals surface area contributed by atoms with Gasteiger partial charge in [-0.05, 0) is 33.2 Å². The predicted molar refractivity (Wildman–Crippen MR) is 95.8 cm³/mol. The van der Waals surface area contributed by atoms with Gasteiger partial charge in [-0.15, -0.1) is 0 Å². The van der Waals surface area contributed by atoms with Crippen LogP contribution in [0.3, 0.4) is 0 Å². The van der Waals surface area contributed by atoms with Crippen molar-refractivity contribution in [1.29, 1.82) is 0 Å². The molecular weight excluding hydrogens is 300 g/mol. The lowest BCUT2D eigenvalue weighted by Crippen LogP contribution is -2.40. The van der Waals surface area contributed by atoms with Crippen molar-refractivity contribution < 1.29 is 9.52 Å². The number of likely N-dealkylation sites (N-methyl/N-ethyl adjacent to an activating group) is 1. The fourth-order valence-electron chi connectivity index (χ4n) is 3.58. The first-order valence-corrected chi connectivity index (χ1v) is 9.00. The van der Waals surface area contributed by atoms with Crippen LogP contribution in [-0.4, -0.2) is 34.2 Å². The summed E-state index contributed by atoms with van der Waals surface area (Å²) < 4.78 is 6.14. The molecular formula is C20H28N2O2. The van der Waals surface area contributed by atoms with Crippen LogP contribution in [0.4, 0.5) is 0 Å². The van der Waals surface area contributed by atoms with E-state index in [1.165, 1.54) is 0 Å². The summed E-state index contributed by atoms with van der Waals surface area (Å²) in [5.74, 6) is 1.60. The van der Waals surface area contributed by atoms with Crippen LogP contribution in [0.2, 0.25) is 0 Å². The highest BCUT2D eigenvalue weighted by Gasteiger charge is 2.34. The molecule has 1 aliphatic carbocycles. The van der Waals surface area contributed by atoms with Crippen molar-refractivity contribution in [1.82, 2.24) is 9.88 Å². The van der Waals surface area contributed by atoms with Crippen LogP contribution in [0.25, 0.3) is 11.3 Å². The molecule has 1 saturated carbocycles. The van der Waals surface area contributed by atoms with Gasteiger partial charge in [-0.1, -0.05) is 50.1 Å². The molecule has 0 radical (unpaired) electrons. The minimum absolute atomic E-state index is 0.0392. The number of aromatic nitrogens is 1. The van der Waals surface area contributed by atoms with Crippen LogP contribution >= 0.6 is 0 Å². The van der Waals surface area contributed by atoms with E-state index in [1.54, 1.807) is 0 Å². The highest BCUT2D eigenvalue weighted by molar-refractivity contribution is 5.59. The average molecular weight is 328 g/mol. The van der Waals surface area contributed by atoms with E-state index >= 15 is 0 Å². The first kappa shape index (κ1) is 17.2. The van der Waals surface area contributed by atoms with Crippen molar-refractivity contribution in [2.45, 2.75) is 57.6 Å². The van der Waals surface area contributed by atoms with Gasteiger partial charge in [0.1, 0.15) is 0 Å². The van der Waals surface area contributed by atoms with Crippen molar-refractivity contribution in [3.8, 4) is 11.3 Å². The highest BCUT2D eigenvalue weighted by atomic mass is 16.4. The summed E-state index contributed by atoms with van der Waals surface area (Å²) in [5, 5.41) is 10.6. The van der Waals surface area contributed by atoms with E-state index in [-0.39, 0.29) is 6.04 Å². The Kier molecular flexibility index (Phi) is 5.07. The van der Waals surface area contributed by atoms with Gasteiger partial charge in [0.05, 0.1) is 17.3 Å². The van der Waals surface area contributed by atoms with Gasteiger partial charge in [-0.2, -0.15) is 0 Å². The van der Waals surface area contributed by atoms with Crippen molar-refractivity contribution >= 4 is 0 Å². The Morgan fingerprint density at radius 1 is 1.25 bits per heavy atom. The molecule has 0 amide bonds. The maximum atomic E-state index is 10.6. The molecule has 4 heteroatoms. The van der Waals surface area contributed by atoms with Gasteiger partial charge < -0.3 is 9.52 Å². The minimum atomic E-state index is -0.550. The molecule has 1 aliphatic rings. The summed E-state index contributed by atoms with van der Waals surface area (Å²) in [6.07, 6.45) is 4.87. The lowest BCUT2D eigenvalue weighted by Gasteiger charge is -2.31. The number of aryl methyl sites for hydroxylation is 1. The van der Waals surface area contributed by atoms with Gasteiger partial charge in [0, 0.05) is 12.1 Å². The zero-order valence-electron chi connectivity index (χ0n) is 15.0. The molecule has 130 valence electrons. The number of oxazole rings is 1. The quantitative estimate of drug-likeness (QED) is 0.863. The monoisotopic (exact) mass is 328 g/mol. The molecule has 1 heterocycles. The van der Waals surface area contributed by atoms with E-state index in [4.69, 9.17) is 9.40 Å². The van der Waals surface area contributed by atoms with Crippen molar-refractivity contribution in [3.05, 3.63) is 41.9 Å². The molecule has 1 N–H and O–H groups in total. The molecule has 0 bridgehead atoms. The third kappa shape index (κ3) is 3.55. The summed E-state index contributed by atoms with van der Waals surface area (Å²) in [4.78, 5) is 6.89. The maximum absolute atomic E-state index is 10.6. The Hall–Kier alpha value is -1.65. The second-order valence-corrected chi connectivity index (χ2v) is 7.07. The van der Waals surface area contributed by atoms with E-state index in [1.807, 2.05) is 25.2 Å². The molecule has 1 aromatic heterocycles. The van der Waals surface area contributed by atoms with Gasteiger partial charge in [-0.25, -0.2) is 4.98 Å². The molecule has 24 heavy (non-hydrogen) atoms. The molecule has 3 rings (SSSR count). The van der Waals surface area contributed by atoms with Crippen LogP contribution < -0.4 is 0 Å². The second-order valence-electron chi connectivity index (χ2n) is 7.07. The van der Waals surface area contributed by atoms with Crippen molar-refractivity contribution in [2.24, 2.45) is 0 Å². The molecule has 0 unspecified atom stereocenters. The van der Waals surface area contributed by atoms with Gasteiger partial charge in [0.15, 0.2) is 5.76 Å². The highest BCUT2D eigenvalue weighted by Crippen LogP contribution is 2.33. The van der Waals surface area contributed by atoms with E-state index in [9.17, 15) is 5.11 Å². The van der Waals surface area contributed by atoms with E-state index in [0.29, 0.717) is 6.54 Å². The van der Waals surface area contributed by atoms with Gasteiger partial charge in [-0.3, -0.25) is 4.90 Å². The normalized spacial score (nSPS) is 18.2. The fourth-order valence-corrected chi connectivity index (χ4v) is 3.58. The lowest BCUT2D eigenvalue weighted by molar-refractivity contribution is 0.00423. The predicted octanol–water partition coefficient (Wildman–Crippen LogP) is 4.20. The Morgan fingerprint density at radius 3 is 2.54 bits per heavy atom. The lowest BCUT2D eigenvalue weighted by atomic mass is 10.0. The molecule has 4 nitrogen and oxygen atoms in total. The van der Waals surface area contributed by atoms with Crippen LogP contribution in [0.1, 0.15) is 57.2 Å². The van der Waals surface area contributed by atoms with E-state index in [0.717, 1.165) is 55.0 Å². The minimum Gasteiger partial charge on any atom is -0.439 e. The summed E-state index contributed by atoms with van der Waals surface area (Å²) in [6, 6.07) is 10.2. The summed E-state index contributed by atoms with van der Waals surface area (Å²) in [7, 11) is 2.04. The third-order valence-electron chi connectivity index (χ3n) is 5.18. The van der Waals surface area contributed by atoms with Crippen molar-refractivity contribution in [2.75, 3.05) is 13.6 Å². The number of hydrogen-bond donors (Lipinski definition) is 1. The first-order valence-electron chi connectivity index (χ1n) is 9.00. The Labute approximate surface area is 144 Å². The molecule has 1 atom stereocenters. The zero-order chi connectivity index (χ0) is 17.2. The van der Waals surface area contributed by atoms with Gasteiger partial charge in [0.25, 0.3) is 0 Å². The van der Waals surface area contributed by atoms with Crippen molar-refractivity contribution in [3.63, 3.8) is 0 Å². The number of hydrogen-bond acceptors (Lipinski definition) is 4. The fraction of sp³-hybridized carbons (Fsp3) is 0.550. The summed E-state index contributed by atoms with van der Waals surface area (Å²) in [6.45, 7) is 4.86. The summed E-state index contributed by atoms with van der Waals surface area (Å²) >= 11 is 0. The number of aliphatic hydroxyl groups is 1. The van der Waals surface area contributed by atoms with Gasteiger partial charge in [0.2, 0.25) is 5.89 Å². The topological polar surface area (TPSA) is 49.5 Å². The second kappa shape index (κ2) is 7.08. The SMILES string of the molecule is CCc1nc([C@@H](C)N(C)CC2(O)CCCC2)oc1-c1ccccc1. The Morgan fingerprint density at radius 2 is 1.92 bits per heavy atom. The van der Waals surface area contributed by atoms with E-state index in [2.05, 4.69) is 30.9 Å². The van der Waals surface area contributed by atoms with Crippen LogP contribution in [-0.2, 0) is 6.42 Å². The van der Waals surface area contributed by atoms with E-state index < -0.39 is 5.60 Å². The Balaban J connectivity index is 1.80. The molecule has 0 spiro atoms. The first-order chi connectivity index (χ1) is 11.5. The molecule has 1 aromatic carbocycles. The number of benzene rings is 1. The average Bonchev–Trinajstić information content (AvgIpc) is 3.21. The maximum Gasteiger partial charge on any atom is 0.212 e. The molecule has 0 aliphatic heterocycles. The Bertz CT molecular complexity index is 660. The van der Waals surface area contributed by atoms with Crippen LogP contribution in [0, 0.1) is 0 Å². The smallest absolute Gasteiger partial charge is 0.212 e. The molecule has 1 fully saturated rings. The molecule has 0 saturated heterocycles. The number of rotatable bonds is 6. The van der Waals surface area contributed by atoms with Crippen LogP contribution in [0.15, 0.2) is 34.7 Å². The van der Waals surface area contributed by atoms with Crippen LogP contribution in [0.5, 0.6) is 0 Å². The standard InChI is InChI=1S/C20H28N2O2/c1-4-17-18(16-10-6-5-7-11-16)24-19(21-17)15(2)22(3)14-20(23)12-8-9-13-20/h5-7,10-11,15,23H,4,8-9,12-14H2,1-3H3/t15-/m1/s1. The zero-order valence-corrected chi connectivity index (χ0v) is 15.0. The summed E-state index contributed by atoms with van der Waals surface area (Å²) in [5.41, 5.74) is 1.51. The third-order valence-corrected chi connectivity index (χ3v) is 5.18. The largest absolute Gasteiger partial charge is 0.439 e. The molecule has 2 aromatic rings.